The summed E-state index contributed by atoms with van der Waals surface area (Å²) >= 11 is 0. The molecule has 0 saturated carbocycles. The number of ether oxygens (including phenoxy) is 1. The van der Waals surface area contributed by atoms with E-state index in [0.717, 1.165) is 11.1 Å². The van der Waals surface area contributed by atoms with Crippen molar-refractivity contribution in [3.63, 3.8) is 0 Å². The molecule has 25 heavy (non-hydrogen) atoms. The van der Waals surface area contributed by atoms with E-state index in [4.69, 9.17) is 4.74 Å². The fourth-order valence-corrected chi connectivity index (χ4v) is 3.08. The number of carbonyl (C=O) groups is 1. The van der Waals surface area contributed by atoms with Crippen LogP contribution in [0.2, 0.25) is 0 Å². The van der Waals surface area contributed by atoms with Crippen LogP contribution < -0.4 is 4.74 Å². The summed E-state index contributed by atoms with van der Waals surface area (Å²) < 4.78 is 6.21. The van der Waals surface area contributed by atoms with Crippen LogP contribution in [-0.4, -0.2) is 5.78 Å². The van der Waals surface area contributed by atoms with Gasteiger partial charge in [-0.2, -0.15) is 0 Å². The predicted octanol–water partition coefficient (Wildman–Crippen LogP) is 5.40. The molecule has 3 aromatic carbocycles. The molecular formula is C23H18O2. The van der Waals surface area contributed by atoms with Gasteiger partial charge < -0.3 is 4.74 Å². The number of rotatable bonds is 2. The van der Waals surface area contributed by atoms with Crippen molar-refractivity contribution >= 4 is 11.9 Å². The summed E-state index contributed by atoms with van der Waals surface area (Å²) in [5.41, 5.74) is 4.45. The van der Waals surface area contributed by atoms with Gasteiger partial charge in [-0.15, -0.1) is 0 Å². The lowest BCUT2D eigenvalue weighted by Crippen LogP contribution is -2.23. The zero-order valence-electron chi connectivity index (χ0n) is 14.0. The Morgan fingerprint density at radius 2 is 1.52 bits per heavy atom. The van der Waals surface area contributed by atoms with Crippen molar-refractivity contribution in [2.24, 2.45) is 0 Å². The Morgan fingerprint density at radius 3 is 2.28 bits per heavy atom. The lowest BCUT2D eigenvalue weighted by molar-refractivity contribution is 0.0963. The Hall–Kier alpha value is -3.13. The van der Waals surface area contributed by atoms with Crippen LogP contribution in [0.15, 0.2) is 84.4 Å². The molecule has 0 radical (unpaired) electrons. The van der Waals surface area contributed by atoms with Gasteiger partial charge in [0.05, 0.1) is 5.56 Å². The molecule has 1 aliphatic rings. The molecule has 0 amide bonds. The van der Waals surface area contributed by atoms with E-state index in [1.807, 2.05) is 84.9 Å². The molecule has 0 spiro atoms. The van der Waals surface area contributed by atoms with Gasteiger partial charge in [0.2, 0.25) is 0 Å². The highest BCUT2D eigenvalue weighted by atomic mass is 16.5. The highest BCUT2D eigenvalue weighted by Gasteiger charge is 2.32. The van der Waals surface area contributed by atoms with Crippen LogP contribution in [0.25, 0.3) is 6.08 Å². The first-order valence-electron chi connectivity index (χ1n) is 8.36. The Bertz CT molecular complexity index is 937. The number of benzene rings is 3. The topological polar surface area (TPSA) is 26.3 Å². The molecule has 1 atom stereocenters. The van der Waals surface area contributed by atoms with Crippen LogP contribution >= 0.6 is 0 Å². The standard InChI is InChI=1S/C23H18O2/c1-16-11-13-17(14-12-16)15-20-22(24)19-9-5-6-10-21(19)25-23(20)18-7-3-2-4-8-18/h2-15,23H,1H3/b20-15-/t23-/m1/s1. The molecule has 2 nitrogen and oxygen atoms in total. The molecule has 0 aliphatic carbocycles. The van der Waals surface area contributed by atoms with E-state index in [1.54, 1.807) is 0 Å². The van der Waals surface area contributed by atoms with Crippen LogP contribution in [0.4, 0.5) is 0 Å². The van der Waals surface area contributed by atoms with Gasteiger partial charge in [0, 0.05) is 5.57 Å². The highest BCUT2D eigenvalue weighted by Crippen LogP contribution is 2.39. The first-order chi connectivity index (χ1) is 12.2. The Kier molecular flexibility index (Phi) is 3.95. The average molecular weight is 326 g/mol. The molecule has 0 bridgehead atoms. The third-order valence-electron chi connectivity index (χ3n) is 4.42. The minimum absolute atomic E-state index is 0.0243. The van der Waals surface area contributed by atoms with Gasteiger partial charge in [0.15, 0.2) is 11.9 Å². The Morgan fingerprint density at radius 1 is 0.840 bits per heavy atom. The third-order valence-corrected chi connectivity index (χ3v) is 4.42. The van der Waals surface area contributed by atoms with Crippen molar-refractivity contribution in [1.29, 1.82) is 0 Å². The molecule has 4 rings (SSSR count). The smallest absolute Gasteiger partial charge is 0.196 e. The number of aryl methyl sites for hydroxylation is 1. The maximum Gasteiger partial charge on any atom is 0.196 e. The summed E-state index contributed by atoms with van der Waals surface area (Å²) in [5, 5.41) is 0. The van der Waals surface area contributed by atoms with E-state index in [2.05, 4.69) is 6.92 Å². The largest absolute Gasteiger partial charge is 0.480 e. The van der Waals surface area contributed by atoms with Crippen molar-refractivity contribution in [1.82, 2.24) is 0 Å². The molecule has 0 unspecified atom stereocenters. The zero-order chi connectivity index (χ0) is 17.2. The van der Waals surface area contributed by atoms with Crippen molar-refractivity contribution in [2.75, 3.05) is 0 Å². The summed E-state index contributed by atoms with van der Waals surface area (Å²) in [6.45, 7) is 2.05. The zero-order valence-corrected chi connectivity index (χ0v) is 14.0. The highest BCUT2D eigenvalue weighted by molar-refractivity contribution is 6.14. The van der Waals surface area contributed by atoms with Crippen molar-refractivity contribution in [3.05, 3.63) is 107 Å². The number of hydrogen-bond donors (Lipinski definition) is 0. The van der Waals surface area contributed by atoms with Gasteiger partial charge in [0.1, 0.15) is 5.75 Å². The fourth-order valence-electron chi connectivity index (χ4n) is 3.08. The van der Waals surface area contributed by atoms with Crippen LogP contribution in [0, 0.1) is 6.92 Å². The van der Waals surface area contributed by atoms with Crippen LogP contribution in [-0.2, 0) is 0 Å². The van der Waals surface area contributed by atoms with Crippen molar-refractivity contribution < 1.29 is 9.53 Å². The average Bonchev–Trinajstić information content (AvgIpc) is 2.66. The van der Waals surface area contributed by atoms with Gasteiger partial charge in [-0.05, 0) is 36.3 Å². The molecule has 1 heterocycles. The number of hydrogen-bond acceptors (Lipinski definition) is 2. The van der Waals surface area contributed by atoms with Gasteiger partial charge in [-0.3, -0.25) is 4.79 Å². The normalized spacial score (nSPS) is 17.9. The second-order valence-electron chi connectivity index (χ2n) is 6.24. The van der Waals surface area contributed by atoms with Crippen LogP contribution in [0.5, 0.6) is 5.75 Å². The number of Topliss-reactive ketones (excluding diaryl/α,β-unsaturated/α-hetero) is 1. The van der Waals surface area contributed by atoms with Gasteiger partial charge in [0.25, 0.3) is 0 Å². The molecule has 3 aromatic rings. The third kappa shape index (κ3) is 2.99. The molecule has 2 heteroatoms. The summed E-state index contributed by atoms with van der Waals surface area (Å²) in [4.78, 5) is 13.1. The maximum atomic E-state index is 13.1. The Labute approximate surface area is 147 Å². The van der Waals surface area contributed by atoms with Crippen molar-refractivity contribution in [2.45, 2.75) is 13.0 Å². The SMILES string of the molecule is Cc1ccc(/C=C2/C(=O)c3ccccc3O[C@@H]2c2ccccc2)cc1. The minimum atomic E-state index is -0.398. The van der Waals surface area contributed by atoms with E-state index >= 15 is 0 Å². The summed E-state index contributed by atoms with van der Waals surface area (Å²) in [5.74, 6) is 0.665. The Balaban J connectivity index is 1.85. The molecule has 122 valence electrons. The molecule has 1 aliphatic heterocycles. The van der Waals surface area contributed by atoms with E-state index in [-0.39, 0.29) is 5.78 Å². The second-order valence-corrected chi connectivity index (χ2v) is 6.24. The summed E-state index contributed by atoms with van der Waals surface area (Å²) in [6.07, 6.45) is 1.54. The van der Waals surface area contributed by atoms with E-state index in [1.165, 1.54) is 5.56 Å². The van der Waals surface area contributed by atoms with Gasteiger partial charge >= 0.3 is 0 Å². The fraction of sp³-hybridized carbons (Fsp3) is 0.0870. The van der Waals surface area contributed by atoms with E-state index < -0.39 is 6.10 Å². The first kappa shape index (κ1) is 15.4. The molecule has 0 aromatic heterocycles. The van der Waals surface area contributed by atoms with Gasteiger partial charge in [-0.1, -0.05) is 72.3 Å². The maximum absolute atomic E-state index is 13.1. The predicted molar refractivity (Wildman–Crippen MR) is 99.7 cm³/mol. The number of fused-ring (bicyclic) bond motifs is 1. The number of para-hydroxylation sites is 1. The van der Waals surface area contributed by atoms with Crippen LogP contribution in [0.1, 0.15) is 33.2 Å². The summed E-state index contributed by atoms with van der Waals surface area (Å²) in [6, 6.07) is 25.5. The second kappa shape index (κ2) is 6.40. The quantitative estimate of drug-likeness (QED) is 0.590. The van der Waals surface area contributed by atoms with Crippen molar-refractivity contribution in [3.8, 4) is 5.75 Å². The molecular weight excluding hydrogens is 308 g/mol. The monoisotopic (exact) mass is 326 g/mol. The lowest BCUT2D eigenvalue weighted by Gasteiger charge is -2.28. The summed E-state index contributed by atoms with van der Waals surface area (Å²) in [7, 11) is 0. The van der Waals surface area contributed by atoms with E-state index in [9.17, 15) is 4.79 Å². The van der Waals surface area contributed by atoms with Gasteiger partial charge in [-0.25, -0.2) is 0 Å². The minimum Gasteiger partial charge on any atom is -0.480 e. The van der Waals surface area contributed by atoms with Crippen LogP contribution in [0.3, 0.4) is 0 Å². The molecule has 0 saturated heterocycles. The first-order valence-corrected chi connectivity index (χ1v) is 8.36. The molecule has 0 N–H and O–H groups in total. The molecule has 0 fully saturated rings. The van der Waals surface area contributed by atoms with E-state index in [0.29, 0.717) is 16.9 Å². The number of carbonyl (C=O) groups excluding carboxylic acids is 1. The number of ketones is 1. The lowest BCUT2D eigenvalue weighted by atomic mass is 9.89.